The van der Waals surface area contributed by atoms with Gasteiger partial charge in [-0.25, -0.2) is 0 Å². The molecule has 0 spiro atoms. The molecule has 0 aliphatic rings. The molecule has 0 unspecified atom stereocenters. The summed E-state index contributed by atoms with van der Waals surface area (Å²) in [4.78, 5) is 11.8. The zero-order chi connectivity index (χ0) is 14.8. The van der Waals surface area contributed by atoms with Gasteiger partial charge in [-0.15, -0.1) is 0 Å². The van der Waals surface area contributed by atoms with Gasteiger partial charge in [-0.2, -0.15) is 11.8 Å². The Bertz CT molecular complexity index is 430. The van der Waals surface area contributed by atoms with Crippen LogP contribution in [-0.2, 0) is 9.53 Å². The molecule has 0 saturated heterocycles. The van der Waals surface area contributed by atoms with E-state index in [1.165, 1.54) is 0 Å². The molecule has 1 amide bonds. The van der Waals surface area contributed by atoms with Crippen LogP contribution in [0, 0.1) is 0 Å². The number of nitrogens with one attached hydrogen (secondary N) is 1. The molecule has 0 aromatic heterocycles. The van der Waals surface area contributed by atoms with E-state index in [0.29, 0.717) is 22.8 Å². The number of hydrogen-bond donors (Lipinski definition) is 2. The van der Waals surface area contributed by atoms with Crippen molar-refractivity contribution in [3.8, 4) is 0 Å². The van der Waals surface area contributed by atoms with E-state index < -0.39 is 0 Å². The molecule has 1 aromatic rings. The lowest BCUT2D eigenvalue weighted by molar-refractivity contribution is -0.116. The Morgan fingerprint density at radius 1 is 1.40 bits per heavy atom. The predicted molar refractivity (Wildman–Crippen MR) is 87.5 cm³/mol. The molecule has 1 aromatic carbocycles. The number of rotatable bonds is 9. The van der Waals surface area contributed by atoms with E-state index in [2.05, 4.69) is 5.32 Å². The lowest BCUT2D eigenvalue weighted by Crippen LogP contribution is -2.12. The van der Waals surface area contributed by atoms with Gasteiger partial charge in [-0.1, -0.05) is 11.6 Å². The molecule has 20 heavy (non-hydrogen) atoms. The van der Waals surface area contributed by atoms with Gasteiger partial charge >= 0.3 is 0 Å². The van der Waals surface area contributed by atoms with E-state index in [-0.39, 0.29) is 5.91 Å². The van der Waals surface area contributed by atoms with E-state index in [1.54, 1.807) is 25.3 Å². The van der Waals surface area contributed by atoms with Crippen LogP contribution in [0.4, 0.5) is 11.4 Å². The summed E-state index contributed by atoms with van der Waals surface area (Å²) in [6, 6.07) is 5.04. The first-order valence-corrected chi connectivity index (χ1v) is 8.08. The first kappa shape index (κ1) is 17.1. The van der Waals surface area contributed by atoms with Crippen molar-refractivity contribution in [3.63, 3.8) is 0 Å². The molecular formula is C14H21ClN2O2S. The quantitative estimate of drug-likeness (QED) is 0.541. The smallest absolute Gasteiger partial charge is 0.224 e. The minimum absolute atomic E-state index is 0.0311. The number of halogens is 1. The van der Waals surface area contributed by atoms with Gasteiger partial charge < -0.3 is 15.8 Å². The number of anilines is 2. The fraction of sp³-hybridized carbons (Fsp3) is 0.500. The van der Waals surface area contributed by atoms with Gasteiger partial charge in [-0.05, 0) is 42.5 Å². The van der Waals surface area contributed by atoms with Crippen LogP contribution < -0.4 is 11.1 Å². The summed E-state index contributed by atoms with van der Waals surface area (Å²) in [7, 11) is 1.70. The average molecular weight is 317 g/mol. The highest BCUT2D eigenvalue weighted by atomic mass is 35.5. The van der Waals surface area contributed by atoms with Gasteiger partial charge in [0.05, 0.1) is 11.4 Å². The molecule has 112 valence electrons. The molecule has 0 aliphatic heterocycles. The number of hydrogen-bond acceptors (Lipinski definition) is 4. The minimum Gasteiger partial charge on any atom is -0.397 e. The van der Waals surface area contributed by atoms with Gasteiger partial charge in [0.15, 0.2) is 0 Å². The van der Waals surface area contributed by atoms with E-state index in [9.17, 15) is 4.79 Å². The molecular weight excluding hydrogens is 296 g/mol. The Labute approximate surface area is 129 Å². The highest BCUT2D eigenvalue weighted by Crippen LogP contribution is 2.23. The number of benzene rings is 1. The van der Waals surface area contributed by atoms with E-state index in [0.717, 1.165) is 31.0 Å². The Balaban J connectivity index is 2.19. The fourth-order valence-electron chi connectivity index (χ4n) is 1.59. The molecule has 1 rings (SSSR count). The average Bonchev–Trinajstić information content (AvgIpc) is 2.42. The second-order valence-corrected chi connectivity index (χ2v) is 6.00. The summed E-state index contributed by atoms with van der Waals surface area (Å²) in [6.45, 7) is 0.793. The van der Waals surface area contributed by atoms with Crippen molar-refractivity contribution >= 4 is 40.6 Å². The van der Waals surface area contributed by atoms with Crippen molar-refractivity contribution in [2.45, 2.75) is 19.3 Å². The van der Waals surface area contributed by atoms with Crippen molar-refractivity contribution in [2.24, 2.45) is 0 Å². The van der Waals surface area contributed by atoms with Crippen LogP contribution in [0.3, 0.4) is 0 Å². The molecule has 0 saturated carbocycles. The van der Waals surface area contributed by atoms with Crippen LogP contribution in [0.2, 0.25) is 5.02 Å². The normalized spacial score (nSPS) is 10.5. The van der Waals surface area contributed by atoms with E-state index in [1.807, 2.05) is 11.8 Å². The van der Waals surface area contributed by atoms with Crippen molar-refractivity contribution in [2.75, 3.05) is 36.3 Å². The number of thioether (sulfide) groups is 1. The molecule has 0 fully saturated rings. The summed E-state index contributed by atoms with van der Waals surface area (Å²) in [5, 5.41) is 3.34. The SMILES string of the molecule is COCCCSCCCC(=O)Nc1cc(Cl)ccc1N. The lowest BCUT2D eigenvalue weighted by atomic mass is 10.2. The van der Waals surface area contributed by atoms with Gasteiger partial charge in [0.25, 0.3) is 0 Å². The Kier molecular flexibility index (Phi) is 8.49. The Morgan fingerprint density at radius 3 is 2.90 bits per heavy atom. The highest BCUT2D eigenvalue weighted by Gasteiger charge is 2.05. The number of carbonyl (C=O) groups is 1. The third kappa shape index (κ3) is 7.03. The number of amides is 1. The zero-order valence-corrected chi connectivity index (χ0v) is 13.2. The first-order valence-electron chi connectivity index (χ1n) is 6.55. The summed E-state index contributed by atoms with van der Waals surface area (Å²) in [5.41, 5.74) is 6.87. The van der Waals surface area contributed by atoms with Crippen LogP contribution >= 0.6 is 23.4 Å². The van der Waals surface area contributed by atoms with Gasteiger partial charge in [0.1, 0.15) is 0 Å². The predicted octanol–water partition coefficient (Wildman–Crippen LogP) is 3.41. The number of ether oxygens (including phenoxy) is 1. The van der Waals surface area contributed by atoms with Crippen LogP contribution in [0.15, 0.2) is 18.2 Å². The van der Waals surface area contributed by atoms with E-state index >= 15 is 0 Å². The van der Waals surface area contributed by atoms with Crippen molar-refractivity contribution in [1.82, 2.24) is 0 Å². The standard InChI is InChI=1S/C14H21ClN2O2S/c1-19-7-3-9-20-8-2-4-14(18)17-13-10-11(15)5-6-12(13)16/h5-6,10H,2-4,7-9,16H2,1H3,(H,17,18). The van der Waals surface area contributed by atoms with Crippen LogP contribution in [0.25, 0.3) is 0 Å². The largest absolute Gasteiger partial charge is 0.397 e. The summed E-state index contributed by atoms with van der Waals surface area (Å²) in [6.07, 6.45) is 2.39. The molecule has 6 heteroatoms. The van der Waals surface area contributed by atoms with Gasteiger partial charge in [0, 0.05) is 25.2 Å². The summed E-state index contributed by atoms with van der Waals surface area (Å²) >= 11 is 7.71. The van der Waals surface area contributed by atoms with Gasteiger partial charge in [0.2, 0.25) is 5.91 Å². The van der Waals surface area contributed by atoms with Crippen molar-refractivity contribution < 1.29 is 9.53 Å². The van der Waals surface area contributed by atoms with Crippen LogP contribution in [0.1, 0.15) is 19.3 Å². The highest BCUT2D eigenvalue weighted by molar-refractivity contribution is 7.99. The molecule has 0 atom stereocenters. The van der Waals surface area contributed by atoms with Crippen LogP contribution in [-0.4, -0.2) is 31.1 Å². The Morgan fingerprint density at radius 2 is 2.15 bits per heavy atom. The number of nitrogens with two attached hydrogens (primary N) is 1. The van der Waals surface area contributed by atoms with Crippen molar-refractivity contribution in [3.05, 3.63) is 23.2 Å². The fourth-order valence-corrected chi connectivity index (χ4v) is 2.64. The summed E-state index contributed by atoms with van der Waals surface area (Å²) in [5.74, 6) is 2.01. The third-order valence-electron chi connectivity index (χ3n) is 2.62. The maximum atomic E-state index is 11.8. The second-order valence-electron chi connectivity index (χ2n) is 4.34. The lowest BCUT2D eigenvalue weighted by Gasteiger charge is -2.08. The monoisotopic (exact) mass is 316 g/mol. The van der Waals surface area contributed by atoms with Crippen molar-refractivity contribution in [1.29, 1.82) is 0 Å². The van der Waals surface area contributed by atoms with Crippen LogP contribution in [0.5, 0.6) is 0 Å². The molecule has 0 bridgehead atoms. The number of methoxy groups -OCH3 is 1. The Hall–Kier alpha value is -0.910. The summed E-state index contributed by atoms with van der Waals surface area (Å²) < 4.78 is 4.97. The first-order chi connectivity index (χ1) is 9.63. The number of carbonyl (C=O) groups excluding carboxylic acids is 1. The maximum absolute atomic E-state index is 11.8. The zero-order valence-electron chi connectivity index (χ0n) is 11.7. The molecule has 0 radical (unpaired) electrons. The molecule has 3 N–H and O–H groups in total. The maximum Gasteiger partial charge on any atom is 0.224 e. The molecule has 4 nitrogen and oxygen atoms in total. The molecule has 0 heterocycles. The van der Waals surface area contributed by atoms with Gasteiger partial charge in [-0.3, -0.25) is 4.79 Å². The minimum atomic E-state index is -0.0311. The van der Waals surface area contributed by atoms with E-state index in [4.69, 9.17) is 22.1 Å². The topological polar surface area (TPSA) is 64.3 Å². The third-order valence-corrected chi connectivity index (χ3v) is 4.01. The second kappa shape index (κ2) is 9.91. The number of nitrogen functional groups attached to an aromatic ring is 1. The molecule has 0 aliphatic carbocycles.